The van der Waals surface area contributed by atoms with Gasteiger partial charge in [-0.3, -0.25) is 0 Å². The fourth-order valence-corrected chi connectivity index (χ4v) is 2.23. The third kappa shape index (κ3) is 14.4. The van der Waals surface area contributed by atoms with E-state index in [1.165, 1.54) is 77.0 Å². The van der Waals surface area contributed by atoms with Crippen molar-refractivity contribution in [2.45, 2.75) is 89.2 Å². The predicted molar refractivity (Wildman–Crippen MR) is 79.2 cm³/mol. The van der Waals surface area contributed by atoms with E-state index >= 15 is 0 Å². The standard InChI is InChI=1S/C15H31S/c1-3-4-5-6-7-8-9-10-11-12-13-14-15(2)16/h15-16H,2-14H2,1H3. The topological polar surface area (TPSA) is 0 Å². The molecule has 97 valence electrons. The molecule has 0 spiro atoms. The van der Waals surface area contributed by atoms with Gasteiger partial charge in [-0.2, -0.15) is 12.6 Å². The maximum Gasteiger partial charge on any atom is 0.00172 e. The normalized spacial score (nSPS) is 12.9. The summed E-state index contributed by atoms with van der Waals surface area (Å²) in [4.78, 5) is 0. The van der Waals surface area contributed by atoms with E-state index < -0.39 is 0 Å². The minimum Gasteiger partial charge on any atom is -0.176 e. The molecule has 0 bridgehead atoms. The Morgan fingerprint density at radius 1 is 0.750 bits per heavy atom. The van der Waals surface area contributed by atoms with Crippen molar-refractivity contribution >= 4 is 12.6 Å². The van der Waals surface area contributed by atoms with E-state index in [0.717, 1.165) is 0 Å². The zero-order valence-corrected chi connectivity index (χ0v) is 12.1. The van der Waals surface area contributed by atoms with Crippen molar-refractivity contribution in [3.63, 3.8) is 0 Å². The van der Waals surface area contributed by atoms with Gasteiger partial charge in [0.1, 0.15) is 0 Å². The van der Waals surface area contributed by atoms with Gasteiger partial charge in [0.15, 0.2) is 0 Å². The molecule has 0 aromatic carbocycles. The first-order valence-corrected chi connectivity index (χ1v) is 7.80. The second-order valence-corrected chi connectivity index (χ2v) is 5.71. The Bertz CT molecular complexity index is 121. The van der Waals surface area contributed by atoms with E-state index in [9.17, 15) is 0 Å². The second-order valence-electron chi connectivity index (χ2n) is 4.98. The zero-order valence-electron chi connectivity index (χ0n) is 11.2. The molecule has 0 saturated heterocycles. The van der Waals surface area contributed by atoms with E-state index in [4.69, 9.17) is 0 Å². The molecule has 0 aliphatic carbocycles. The molecule has 1 radical (unpaired) electrons. The average Bonchev–Trinajstić information content (AvgIpc) is 2.25. The van der Waals surface area contributed by atoms with Crippen LogP contribution in [0.2, 0.25) is 0 Å². The summed E-state index contributed by atoms with van der Waals surface area (Å²) in [5.41, 5.74) is 0. The van der Waals surface area contributed by atoms with Crippen LogP contribution in [0.1, 0.15) is 84.0 Å². The predicted octanol–water partition coefficient (Wildman–Crippen LogP) is 5.82. The smallest absolute Gasteiger partial charge is 0.00172 e. The van der Waals surface area contributed by atoms with Gasteiger partial charge in [0.05, 0.1) is 0 Å². The molecule has 0 nitrogen and oxygen atoms in total. The fourth-order valence-electron chi connectivity index (χ4n) is 2.04. The first kappa shape index (κ1) is 16.4. The summed E-state index contributed by atoms with van der Waals surface area (Å²) in [5.74, 6) is 0. The van der Waals surface area contributed by atoms with Crippen LogP contribution >= 0.6 is 12.6 Å². The minimum atomic E-state index is 0.346. The lowest BCUT2D eigenvalue weighted by Crippen LogP contribution is -1.90. The lowest BCUT2D eigenvalue weighted by Gasteiger charge is -2.04. The Balaban J connectivity index is 2.88. The molecule has 0 heterocycles. The molecule has 0 N–H and O–H groups in total. The molecule has 16 heavy (non-hydrogen) atoms. The number of thiol groups is 1. The summed E-state index contributed by atoms with van der Waals surface area (Å²) in [7, 11) is 0. The van der Waals surface area contributed by atoms with Crippen molar-refractivity contribution in [3.8, 4) is 0 Å². The molecular formula is C15H31S. The third-order valence-electron chi connectivity index (χ3n) is 3.14. The van der Waals surface area contributed by atoms with Crippen molar-refractivity contribution in [2.24, 2.45) is 0 Å². The SMILES string of the molecule is [CH2]C(S)CCCCCCCCCCCCC. The van der Waals surface area contributed by atoms with E-state index in [1.807, 2.05) is 0 Å². The summed E-state index contributed by atoms with van der Waals surface area (Å²) >= 11 is 4.29. The first-order valence-electron chi connectivity index (χ1n) is 7.28. The van der Waals surface area contributed by atoms with E-state index in [-0.39, 0.29) is 0 Å². The van der Waals surface area contributed by atoms with Crippen LogP contribution in [-0.2, 0) is 0 Å². The molecule has 0 aromatic rings. The highest BCUT2D eigenvalue weighted by molar-refractivity contribution is 7.81. The van der Waals surface area contributed by atoms with Crippen molar-refractivity contribution in [1.29, 1.82) is 0 Å². The van der Waals surface area contributed by atoms with Crippen LogP contribution in [0.15, 0.2) is 0 Å². The summed E-state index contributed by atoms with van der Waals surface area (Å²) in [6.45, 7) is 6.16. The molecule has 1 unspecified atom stereocenters. The molecule has 1 heteroatoms. The van der Waals surface area contributed by atoms with Crippen molar-refractivity contribution in [3.05, 3.63) is 6.92 Å². The number of hydrogen-bond acceptors (Lipinski definition) is 1. The van der Waals surface area contributed by atoms with Crippen LogP contribution < -0.4 is 0 Å². The molecule has 0 saturated carbocycles. The van der Waals surface area contributed by atoms with Crippen molar-refractivity contribution in [1.82, 2.24) is 0 Å². The molecule has 1 atom stereocenters. The molecule has 0 aliphatic heterocycles. The third-order valence-corrected chi connectivity index (χ3v) is 3.40. The number of hydrogen-bond donors (Lipinski definition) is 1. The molecule has 0 rings (SSSR count). The lowest BCUT2D eigenvalue weighted by atomic mass is 10.0. The number of unbranched alkanes of at least 4 members (excludes halogenated alkanes) is 10. The van der Waals surface area contributed by atoms with Crippen LogP contribution in [-0.4, -0.2) is 5.25 Å². The highest BCUT2D eigenvalue weighted by atomic mass is 32.1. The summed E-state index contributed by atoms with van der Waals surface area (Å²) < 4.78 is 0. The van der Waals surface area contributed by atoms with Gasteiger partial charge in [0, 0.05) is 5.25 Å². The van der Waals surface area contributed by atoms with Crippen LogP contribution in [0.3, 0.4) is 0 Å². The summed E-state index contributed by atoms with van der Waals surface area (Å²) in [5, 5.41) is 0.346. The van der Waals surface area contributed by atoms with Gasteiger partial charge in [-0.1, -0.05) is 77.6 Å². The molecule has 0 aromatic heterocycles. The largest absolute Gasteiger partial charge is 0.176 e. The maximum absolute atomic E-state index is 4.29. The Hall–Kier alpha value is 0.350. The van der Waals surface area contributed by atoms with Crippen LogP contribution in [0.5, 0.6) is 0 Å². The van der Waals surface area contributed by atoms with Crippen molar-refractivity contribution in [2.75, 3.05) is 0 Å². The number of rotatable bonds is 12. The first-order chi connectivity index (χ1) is 7.77. The Labute approximate surface area is 109 Å². The zero-order chi connectivity index (χ0) is 12.1. The van der Waals surface area contributed by atoms with Crippen LogP contribution in [0, 0.1) is 6.92 Å². The van der Waals surface area contributed by atoms with Gasteiger partial charge < -0.3 is 0 Å². The molecular weight excluding hydrogens is 212 g/mol. The van der Waals surface area contributed by atoms with Crippen LogP contribution in [0.25, 0.3) is 0 Å². The van der Waals surface area contributed by atoms with Gasteiger partial charge in [-0.05, 0) is 13.3 Å². The summed E-state index contributed by atoms with van der Waals surface area (Å²) in [6, 6.07) is 0. The maximum atomic E-state index is 4.29. The van der Waals surface area contributed by atoms with Gasteiger partial charge in [-0.25, -0.2) is 0 Å². The van der Waals surface area contributed by atoms with Gasteiger partial charge in [-0.15, -0.1) is 0 Å². The fraction of sp³-hybridized carbons (Fsp3) is 0.933. The van der Waals surface area contributed by atoms with Gasteiger partial charge in [0.2, 0.25) is 0 Å². The minimum absolute atomic E-state index is 0.346. The Kier molecular flexibility index (Phi) is 13.7. The van der Waals surface area contributed by atoms with E-state index in [0.29, 0.717) is 5.25 Å². The second kappa shape index (κ2) is 13.4. The quantitative estimate of drug-likeness (QED) is 0.324. The molecule has 0 fully saturated rings. The van der Waals surface area contributed by atoms with Crippen LogP contribution in [0.4, 0.5) is 0 Å². The molecule has 0 amide bonds. The van der Waals surface area contributed by atoms with E-state index in [1.54, 1.807) is 0 Å². The van der Waals surface area contributed by atoms with Gasteiger partial charge in [0.25, 0.3) is 0 Å². The van der Waals surface area contributed by atoms with Gasteiger partial charge >= 0.3 is 0 Å². The van der Waals surface area contributed by atoms with Crippen molar-refractivity contribution < 1.29 is 0 Å². The Morgan fingerprint density at radius 2 is 1.12 bits per heavy atom. The monoisotopic (exact) mass is 243 g/mol. The Morgan fingerprint density at radius 3 is 1.50 bits per heavy atom. The highest BCUT2D eigenvalue weighted by Gasteiger charge is 1.95. The average molecular weight is 243 g/mol. The van der Waals surface area contributed by atoms with E-state index in [2.05, 4.69) is 26.5 Å². The summed E-state index contributed by atoms with van der Waals surface area (Å²) in [6.07, 6.45) is 16.8. The lowest BCUT2D eigenvalue weighted by molar-refractivity contribution is 0.545. The molecule has 0 aliphatic rings. The highest BCUT2D eigenvalue weighted by Crippen LogP contribution is 2.13.